The van der Waals surface area contributed by atoms with E-state index in [1.807, 2.05) is 30.3 Å². The lowest BCUT2D eigenvalue weighted by molar-refractivity contribution is -0.137. The van der Waals surface area contributed by atoms with Crippen molar-refractivity contribution < 1.29 is 24.5 Å². The van der Waals surface area contributed by atoms with E-state index in [9.17, 15) is 19.8 Å². The standard InChI is InChI=1S/C18H32O2.C15H10O4/c19-18(20)16-10-8-6-4-2-1-3-5-7-9-13-17-14-11-12-15-17;16-10-6-11(17)15-12(18)8-13(19-14(15)7-10)9-4-2-1-3-5-9/h11,14,17H,1-10,12-13,15-16H2,(H,19,20);1-8,16-17H. The number of phenolic OH excluding ortho intramolecular Hbond substituents is 2. The number of phenols is 2. The minimum Gasteiger partial charge on any atom is -0.508 e. The fourth-order valence-corrected chi connectivity index (χ4v) is 5.03. The van der Waals surface area contributed by atoms with E-state index < -0.39 is 5.97 Å². The molecule has 210 valence electrons. The van der Waals surface area contributed by atoms with Gasteiger partial charge in [0, 0.05) is 30.2 Å². The van der Waals surface area contributed by atoms with Crippen LogP contribution in [0, 0.1) is 5.92 Å². The smallest absolute Gasteiger partial charge is 0.303 e. The molecule has 0 aliphatic heterocycles. The number of benzene rings is 2. The number of hydrogen-bond acceptors (Lipinski definition) is 5. The van der Waals surface area contributed by atoms with Gasteiger partial charge in [-0.1, -0.05) is 100 Å². The molecule has 4 rings (SSSR count). The van der Waals surface area contributed by atoms with E-state index >= 15 is 0 Å². The SMILES string of the molecule is O=C(O)CCCCCCCCCCCCC1C=CCC1.O=c1cc(-c2ccccc2)oc2cc(O)cc(O)c12. The third-order valence-electron chi connectivity index (χ3n) is 7.18. The highest BCUT2D eigenvalue weighted by atomic mass is 16.4. The molecule has 1 aliphatic rings. The van der Waals surface area contributed by atoms with E-state index in [-0.39, 0.29) is 27.9 Å². The number of aliphatic carboxylic acids is 1. The van der Waals surface area contributed by atoms with Crippen LogP contribution in [0.3, 0.4) is 0 Å². The zero-order valence-corrected chi connectivity index (χ0v) is 22.8. The van der Waals surface area contributed by atoms with Crippen LogP contribution < -0.4 is 5.43 Å². The average Bonchev–Trinajstić information content (AvgIpc) is 3.43. The normalized spacial score (nSPS) is 14.3. The molecule has 0 spiro atoms. The van der Waals surface area contributed by atoms with Crippen molar-refractivity contribution in [3.63, 3.8) is 0 Å². The van der Waals surface area contributed by atoms with Crippen LogP contribution in [0.25, 0.3) is 22.3 Å². The van der Waals surface area contributed by atoms with Crippen LogP contribution in [0.5, 0.6) is 11.5 Å². The molecule has 1 aliphatic carbocycles. The van der Waals surface area contributed by atoms with Gasteiger partial charge >= 0.3 is 5.97 Å². The Morgan fingerprint density at radius 1 is 0.846 bits per heavy atom. The Bertz CT molecular complexity index is 1240. The second-order valence-electron chi connectivity index (χ2n) is 10.4. The van der Waals surface area contributed by atoms with Gasteiger partial charge in [-0.3, -0.25) is 9.59 Å². The summed E-state index contributed by atoms with van der Waals surface area (Å²) >= 11 is 0. The van der Waals surface area contributed by atoms with Crippen LogP contribution >= 0.6 is 0 Å². The first kappa shape index (κ1) is 30.0. The third kappa shape index (κ3) is 10.6. The first-order valence-electron chi connectivity index (χ1n) is 14.4. The lowest BCUT2D eigenvalue weighted by Crippen LogP contribution is -2.00. The van der Waals surface area contributed by atoms with E-state index in [0.717, 1.165) is 30.4 Å². The summed E-state index contributed by atoms with van der Waals surface area (Å²) in [6, 6.07) is 12.9. The molecule has 3 N–H and O–H groups in total. The fourth-order valence-electron chi connectivity index (χ4n) is 5.03. The molecule has 6 nitrogen and oxygen atoms in total. The van der Waals surface area contributed by atoms with Crippen molar-refractivity contribution in [3.05, 3.63) is 70.9 Å². The third-order valence-corrected chi connectivity index (χ3v) is 7.18. The maximum Gasteiger partial charge on any atom is 0.303 e. The van der Waals surface area contributed by atoms with E-state index in [0.29, 0.717) is 12.2 Å². The molecule has 0 saturated carbocycles. The second-order valence-corrected chi connectivity index (χ2v) is 10.4. The Balaban J connectivity index is 0.000000216. The summed E-state index contributed by atoms with van der Waals surface area (Å²) in [5, 5.41) is 27.7. The van der Waals surface area contributed by atoms with Crippen molar-refractivity contribution in [1.82, 2.24) is 0 Å². The Kier molecular flexibility index (Phi) is 12.6. The summed E-state index contributed by atoms with van der Waals surface area (Å²) < 4.78 is 5.57. The Morgan fingerprint density at radius 3 is 2.10 bits per heavy atom. The number of allylic oxidation sites excluding steroid dienone is 2. The monoisotopic (exact) mass is 534 g/mol. The summed E-state index contributed by atoms with van der Waals surface area (Å²) in [5.41, 5.74) is 0.561. The van der Waals surface area contributed by atoms with E-state index in [4.69, 9.17) is 9.52 Å². The summed E-state index contributed by atoms with van der Waals surface area (Å²) in [6.45, 7) is 0. The van der Waals surface area contributed by atoms with Crippen LogP contribution in [0.1, 0.15) is 89.9 Å². The maximum atomic E-state index is 12.0. The fraction of sp³-hybridized carbons (Fsp3) is 0.455. The average molecular weight is 535 g/mol. The van der Waals surface area contributed by atoms with Gasteiger partial charge in [0.05, 0.1) is 0 Å². The molecule has 0 bridgehead atoms. The minimum absolute atomic E-state index is 0.0671. The zero-order chi connectivity index (χ0) is 27.9. The molecule has 0 amide bonds. The molecule has 39 heavy (non-hydrogen) atoms. The number of carbonyl (C=O) groups is 1. The lowest BCUT2D eigenvalue weighted by Gasteiger charge is -2.06. The summed E-state index contributed by atoms with van der Waals surface area (Å²) in [6.07, 6.45) is 21.9. The summed E-state index contributed by atoms with van der Waals surface area (Å²) in [4.78, 5) is 22.3. The van der Waals surface area contributed by atoms with Gasteiger partial charge in [-0.25, -0.2) is 0 Å². The molecule has 2 aromatic carbocycles. The van der Waals surface area contributed by atoms with Crippen molar-refractivity contribution in [3.8, 4) is 22.8 Å². The summed E-state index contributed by atoms with van der Waals surface area (Å²) in [5.74, 6) is 0.184. The highest BCUT2D eigenvalue weighted by molar-refractivity contribution is 5.85. The minimum atomic E-state index is -0.655. The maximum absolute atomic E-state index is 12.0. The van der Waals surface area contributed by atoms with Gasteiger partial charge in [0.15, 0.2) is 5.43 Å². The van der Waals surface area contributed by atoms with Crippen LogP contribution in [-0.4, -0.2) is 21.3 Å². The Hall–Kier alpha value is -3.54. The molecule has 1 atom stereocenters. The zero-order valence-electron chi connectivity index (χ0n) is 22.8. The van der Waals surface area contributed by atoms with Crippen molar-refractivity contribution in [1.29, 1.82) is 0 Å². The van der Waals surface area contributed by atoms with E-state index in [1.165, 1.54) is 82.8 Å². The van der Waals surface area contributed by atoms with Gasteiger partial charge in [-0.05, 0) is 31.6 Å². The van der Waals surface area contributed by atoms with Gasteiger partial charge in [-0.2, -0.15) is 0 Å². The molecule has 1 aromatic heterocycles. The number of carboxylic acid groups (broad SMARTS) is 1. The molecule has 0 fully saturated rings. The van der Waals surface area contributed by atoms with E-state index in [1.54, 1.807) is 0 Å². The molecule has 0 saturated heterocycles. The molecule has 3 aromatic rings. The Labute approximate surface area is 231 Å². The molecular weight excluding hydrogens is 492 g/mol. The van der Waals surface area contributed by atoms with Crippen LogP contribution in [0.15, 0.2) is 69.9 Å². The lowest BCUT2D eigenvalue weighted by atomic mass is 9.99. The predicted molar refractivity (Wildman–Crippen MR) is 156 cm³/mol. The second kappa shape index (κ2) is 16.4. The van der Waals surface area contributed by atoms with Crippen LogP contribution in [-0.2, 0) is 4.79 Å². The topological polar surface area (TPSA) is 108 Å². The Morgan fingerprint density at radius 2 is 1.49 bits per heavy atom. The van der Waals surface area contributed by atoms with Crippen LogP contribution in [0.4, 0.5) is 0 Å². The number of unbranched alkanes of at least 4 members (excludes halogenated alkanes) is 9. The van der Waals surface area contributed by atoms with Crippen molar-refractivity contribution in [2.45, 2.75) is 89.9 Å². The quantitative estimate of drug-likeness (QED) is 0.141. The van der Waals surface area contributed by atoms with Gasteiger partial charge < -0.3 is 19.7 Å². The highest BCUT2D eigenvalue weighted by Crippen LogP contribution is 2.30. The van der Waals surface area contributed by atoms with Crippen LogP contribution in [0.2, 0.25) is 0 Å². The molecule has 0 radical (unpaired) electrons. The van der Waals surface area contributed by atoms with Gasteiger partial charge in [0.1, 0.15) is 28.2 Å². The van der Waals surface area contributed by atoms with E-state index in [2.05, 4.69) is 12.2 Å². The van der Waals surface area contributed by atoms with Crippen molar-refractivity contribution in [2.75, 3.05) is 0 Å². The van der Waals surface area contributed by atoms with Crippen molar-refractivity contribution in [2.24, 2.45) is 5.92 Å². The number of fused-ring (bicyclic) bond motifs is 1. The van der Waals surface area contributed by atoms with Crippen molar-refractivity contribution >= 4 is 16.9 Å². The molecule has 1 heterocycles. The number of carboxylic acids is 1. The first-order valence-corrected chi connectivity index (χ1v) is 14.4. The predicted octanol–water partition coefficient (Wildman–Crippen LogP) is 8.59. The van der Waals surface area contributed by atoms with Gasteiger partial charge in [0.25, 0.3) is 0 Å². The molecule has 1 unspecified atom stereocenters. The first-order chi connectivity index (χ1) is 18.9. The number of hydrogen-bond donors (Lipinski definition) is 3. The number of rotatable bonds is 14. The largest absolute Gasteiger partial charge is 0.508 e. The van der Waals surface area contributed by atoms with Gasteiger partial charge in [-0.15, -0.1) is 0 Å². The molecule has 6 heteroatoms. The highest BCUT2D eigenvalue weighted by Gasteiger charge is 2.12. The number of aromatic hydroxyl groups is 2. The molecular formula is C33H42O6. The summed E-state index contributed by atoms with van der Waals surface area (Å²) in [7, 11) is 0. The van der Waals surface area contributed by atoms with Gasteiger partial charge in [0.2, 0.25) is 0 Å².